The highest BCUT2D eigenvalue weighted by atomic mass is 32.2. The Hall–Kier alpha value is -3.77. The average Bonchev–Trinajstić information content (AvgIpc) is 2.85. The summed E-state index contributed by atoms with van der Waals surface area (Å²) in [5.74, 6) is -4.31. The number of amides is 2. The van der Waals surface area contributed by atoms with Gasteiger partial charge >= 0.3 is 11.9 Å². The van der Waals surface area contributed by atoms with Gasteiger partial charge in [0.15, 0.2) is 0 Å². The standard InChI is InChI=1S/C24H29N4O7S/c25-18(23(33)34)11-12-19(29)28-21(22(32)27-15-20(30)31)24(36(26)35,13-16-7-3-1-4-8-16)14-17-9-5-2-6-10-17/h1-10,18,21,26H,11-15,25H2,(H,27,32)(H,28,29)(H,30,31)(H,33,34)/q-1. The second-order valence-corrected chi connectivity index (χ2v) is 9.60. The van der Waals surface area contributed by atoms with Crippen LogP contribution >= 0.6 is 0 Å². The maximum atomic E-state index is 13.2. The molecule has 194 valence electrons. The van der Waals surface area contributed by atoms with Gasteiger partial charge in [0, 0.05) is 6.42 Å². The van der Waals surface area contributed by atoms with Gasteiger partial charge in [0.25, 0.3) is 0 Å². The minimum absolute atomic E-state index is 0.0566. The Bertz CT molecular complexity index is 1090. The van der Waals surface area contributed by atoms with Crippen molar-refractivity contribution < 1.29 is 33.6 Å². The van der Waals surface area contributed by atoms with Crippen LogP contribution in [0.2, 0.25) is 0 Å². The molecule has 36 heavy (non-hydrogen) atoms. The fourth-order valence-corrected chi connectivity index (χ4v) is 4.71. The Labute approximate surface area is 210 Å². The lowest BCUT2D eigenvalue weighted by Gasteiger charge is -2.44. The molecule has 0 bridgehead atoms. The van der Waals surface area contributed by atoms with Crippen molar-refractivity contribution in [3.05, 3.63) is 71.8 Å². The Morgan fingerprint density at radius 3 is 1.86 bits per heavy atom. The van der Waals surface area contributed by atoms with Crippen LogP contribution in [0.25, 0.3) is 0 Å². The first-order valence-electron chi connectivity index (χ1n) is 11.0. The van der Waals surface area contributed by atoms with E-state index in [-0.39, 0.29) is 25.7 Å². The Morgan fingerprint density at radius 2 is 1.44 bits per heavy atom. The number of carboxylic acids is 2. The molecule has 0 aliphatic carbocycles. The van der Waals surface area contributed by atoms with Crippen LogP contribution in [0.1, 0.15) is 24.0 Å². The number of carbonyl (C=O) groups is 4. The zero-order chi connectivity index (χ0) is 26.7. The molecular weight excluding hydrogens is 488 g/mol. The van der Waals surface area contributed by atoms with Crippen molar-refractivity contribution >= 4 is 34.3 Å². The zero-order valence-electron chi connectivity index (χ0n) is 19.4. The van der Waals surface area contributed by atoms with E-state index < -0.39 is 57.7 Å². The van der Waals surface area contributed by atoms with Crippen LogP contribution in [-0.4, -0.2) is 57.3 Å². The van der Waals surface area contributed by atoms with Crippen molar-refractivity contribution in [2.75, 3.05) is 6.54 Å². The lowest BCUT2D eigenvalue weighted by Crippen LogP contribution is -2.63. The van der Waals surface area contributed by atoms with Gasteiger partial charge in [-0.3, -0.25) is 19.2 Å². The predicted molar refractivity (Wildman–Crippen MR) is 131 cm³/mol. The lowest BCUT2D eigenvalue weighted by atomic mass is 9.84. The Balaban J connectivity index is 2.54. The summed E-state index contributed by atoms with van der Waals surface area (Å²) in [5, 5.41) is 22.7. The van der Waals surface area contributed by atoms with Crippen molar-refractivity contribution in [2.24, 2.45) is 5.73 Å². The third kappa shape index (κ3) is 8.17. The molecule has 0 spiro atoms. The number of aliphatic carboxylic acids is 2. The molecule has 2 aromatic carbocycles. The fraction of sp³-hybridized carbons (Fsp3) is 0.333. The number of nitrogens with two attached hydrogens (primary N) is 1. The van der Waals surface area contributed by atoms with Crippen molar-refractivity contribution in [1.82, 2.24) is 10.6 Å². The van der Waals surface area contributed by atoms with E-state index in [1.54, 1.807) is 60.7 Å². The summed E-state index contributed by atoms with van der Waals surface area (Å²) in [7, 11) is -2.46. The number of hydrogen-bond donors (Lipinski definition) is 6. The number of carbonyl (C=O) groups excluding carboxylic acids is 2. The van der Waals surface area contributed by atoms with E-state index in [1.807, 2.05) is 0 Å². The fourth-order valence-electron chi connectivity index (χ4n) is 3.73. The second-order valence-electron chi connectivity index (χ2n) is 8.25. The van der Waals surface area contributed by atoms with Gasteiger partial charge in [-0.1, -0.05) is 60.7 Å². The monoisotopic (exact) mass is 517 g/mol. The molecule has 0 aromatic heterocycles. The number of hydrogen-bond acceptors (Lipinski definition) is 8. The molecule has 2 unspecified atom stereocenters. The molecule has 0 aliphatic heterocycles. The highest BCUT2D eigenvalue weighted by Gasteiger charge is 2.40. The molecule has 2 atom stereocenters. The molecule has 0 fully saturated rings. The number of benzene rings is 2. The van der Waals surface area contributed by atoms with Crippen molar-refractivity contribution in [2.45, 2.75) is 42.5 Å². The van der Waals surface area contributed by atoms with E-state index in [9.17, 15) is 23.4 Å². The first-order chi connectivity index (χ1) is 17.0. The van der Waals surface area contributed by atoms with Crippen LogP contribution in [0.5, 0.6) is 0 Å². The number of rotatable bonds is 14. The van der Waals surface area contributed by atoms with E-state index in [4.69, 9.17) is 20.7 Å². The van der Waals surface area contributed by atoms with Crippen LogP contribution < -0.4 is 16.4 Å². The number of carboxylic acid groups (broad SMARTS) is 2. The maximum Gasteiger partial charge on any atom is 0.322 e. The molecule has 2 aromatic rings. The summed E-state index contributed by atoms with van der Waals surface area (Å²) >= 11 is 0. The molecule has 2 rings (SSSR count). The van der Waals surface area contributed by atoms with E-state index >= 15 is 0 Å². The van der Waals surface area contributed by atoms with Crippen LogP contribution in [0, 0.1) is 4.78 Å². The first-order valence-corrected chi connectivity index (χ1v) is 12.2. The van der Waals surface area contributed by atoms with Gasteiger partial charge in [0.05, 0.1) is 6.04 Å². The molecule has 11 nitrogen and oxygen atoms in total. The van der Waals surface area contributed by atoms with Crippen LogP contribution in [0.3, 0.4) is 0 Å². The van der Waals surface area contributed by atoms with E-state index in [0.29, 0.717) is 11.1 Å². The minimum atomic E-state index is -2.46. The highest BCUT2D eigenvalue weighted by Crippen LogP contribution is 2.28. The molecule has 0 radical (unpaired) electrons. The largest absolute Gasteiger partial charge is 0.480 e. The van der Waals surface area contributed by atoms with Gasteiger partial charge in [0.2, 0.25) is 11.8 Å². The van der Waals surface area contributed by atoms with Gasteiger partial charge in [-0.2, -0.15) is 10.6 Å². The van der Waals surface area contributed by atoms with Crippen molar-refractivity contribution in [3.63, 3.8) is 0 Å². The topological polar surface area (TPSA) is 200 Å². The maximum absolute atomic E-state index is 13.2. The highest BCUT2D eigenvalue weighted by molar-refractivity contribution is 7.75. The molecule has 0 heterocycles. The molecule has 0 saturated carbocycles. The van der Waals surface area contributed by atoms with Crippen molar-refractivity contribution in [3.8, 4) is 0 Å². The summed E-state index contributed by atoms with van der Waals surface area (Å²) in [6.07, 6.45) is -0.690. The van der Waals surface area contributed by atoms with Crippen molar-refractivity contribution in [1.29, 1.82) is 4.78 Å². The summed E-state index contributed by atoms with van der Waals surface area (Å²) in [4.78, 5) is 48.1. The van der Waals surface area contributed by atoms with Gasteiger partial charge in [-0.25, -0.2) is 0 Å². The van der Waals surface area contributed by atoms with Gasteiger partial charge in [-0.05, 0) is 35.1 Å². The first kappa shape index (κ1) is 28.5. The minimum Gasteiger partial charge on any atom is -0.480 e. The number of nitrogens with one attached hydrogen (secondary N) is 3. The quantitative estimate of drug-likeness (QED) is 0.198. The Morgan fingerprint density at radius 1 is 0.944 bits per heavy atom. The smallest absolute Gasteiger partial charge is 0.322 e. The molecule has 0 saturated heterocycles. The predicted octanol–water partition coefficient (Wildman–Crippen LogP) is 0.814. The lowest BCUT2D eigenvalue weighted by molar-refractivity contribution is -0.139. The second kappa shape index (κ2) is 13.4. The molecule has 7 N–H and O–H groups in total. The van der Waals surface area contributed by atoms with Crippen LogP contribution in [0.4, 0.5) is 0 Å². The normalized spacial score (nSPS) is 12.9. The summed E-state index contributed by atoms with van der Waals surface area (Å²) in [5.41, 5.74) is 6.76. The summed E-state index contributed by atoms with van der Waals surface area (Å²) < 4.78 is 19.7. The van der Waals surface area contributed by atoms with E-state index in [1.165, 1.54) is 0 Å². The van der Waals surface area contributed by atoms with Crippen LogP contribution in [-0.2, 0) is 46.8 Å². The SMILES string of the molecule is N=[S-](=O)C(Cc1ccccc1)(Cc1ccccc1)C(NC(=O)CCC(N)C(=O)O)C(=O)NCC(=O)O. The van der Waals surface area contributed by atoms with E-state index in [0.717, 1.165) is 0 Å². The molecule has 0 aliphatic rings. The van der Waals surface area contributed by atoms with Gasteiger partial charge in [-0.15, -0.1) is 0 Å². The Kier molecular flexibility index (Phi) is 10.6. The summed E-state index contributed by atoms with van der Waals surface area (Å²) in [6, 6.07) is 14.5. The molecule has 12 heteroatoms. The molecular formula is C24H29N4O7S-. The third-order valence-electron chi connectivity index (χ3n) is 5.57. The summed E-state index contributed by atoms with van der Waals surface area (Å²) in [6.45, 7) is -0.757. The molecule has 2 amide bonds. The van der Waals surface area contributed by atoms with E-state index in [2.05, 4.69) is 10.6 Å². The van der Waals surface area contributed by atoms with Crippen LogP contribution in [0.15, 0.2) is 60.7 Å². The average molecular weight is 518 g/mol. The third-order valence-corrected chi connectivity index (χ3v) is 6.83. The van der Waals surface area contributed by atoms with Gasteiger partial charge in [0.1, 0.15) is 12.6 Å². The van der Waals surface area contributed by atoms with Gasteiger partial charge < -0.3 is 35.6 Å². The zero-order valence-corrected chi connectivity index (χ0v) is 20.2.